The molecular weight excluding hydrogens is 294 g/mol. The number of aliphatic hydroxyl groups is 1. The van der Waals surface area contributed by atoms with Gasteiger partial charge in [0, 0.05) is 58.1 Å². The molecule has 0 spiro atoms. The van der Waals surface area contributed by atoms with Crippen molar-refractivity contribution in [1.29, 1.82) is 0 Å². The second kappa shape index (κ2) is 9.42. The predicted molar refractivity (Wildman–Crippen MR) is 89.1 cm³/mol. The number of nitrogens with one attached hydrogen (secondary N) is 1. The monoisotopic (exact) mass is 321 g/mol. The molecule has 23 heavy (non-hydrogen) atoms. The van der Waals surface area contributed by atoms with Crippen LogP contribution in [0.15, 0.2) is 18.5 Å². The van der Waals surface area contributed by atoms with E-state index >= 15 is 0 Å². The molecule has 2 rings (SSSR count). The van der Waals surface area contributed by atoms with Crippen LogP contribution in [0.4, 0.5) is 5.95 Å². The Hall–Kier alpha value is -1.73. The molecule has 0 bridgehead atoms. The van der Waals surface area contributed by atoms with Crippen molar-refractivity contribution < 1.29 is 9.90 Å². The first-order chi connectivity index (χ1) is 11.2. The van der Waals surface area contributed by atoms with Crippen LogP contribution >= 0.6 is 0 Å². The zero-order chi connectivity index (χ0) is 16.5. The largest absolute Gasteiger partial charge is 0.392 e. The maximum absolute atomic E-state index is 12.2. The minimum absolute atomic E-state index is 0.205. The number of carbonyl (C=O) groups is 1. The fourth-order valence-corrected chi connectivity index (χ4v) is 2.60. The quantitative estimate of drug-likeness (QED) is 0.682. The fraction of sp³-hybridized carbons (Fsp3) is 0.688. The molecule has 0 unspecified atom stereocenters. The number of carbonyl (C=O) groups excluding carboxylic acids is 1. The maximum Gasteiger partial charge on any atom is 0.222 e. The van der Waals surface area contributed by atoms with E-state index in [9.17, 15) is 9.90 Å². The molecule has 0 saturated carbocycles. The van der Waals surface area contributed by atoms with Crippen LogP contribution in [0.1, 0.15) is 26.2 Å². The number of anilines is 1. The van der Waals surface area contributed by atoms with Crippen molar-refractivity contribution in [1.82, 2.24) is 19.8 Å². The number of aliphatic hydroxyl groups excluding tert-OH is 1. The molecule has 1 aromatic heterocycles. The predicted octanol–water partition coefficient (Wildman–Crippen LogP) is 0.584. The summed E-state index contributed by atoms with van der Waals surface area (Å²) in [5.41, 5.74) is 0. The summed E-state index contributed by atoms with van der Waals surface area (Å²) in [6, 6.07) is 1.77. The molecule has 2 N–H and O–H groups in total. The summed E-state index contributed by atoms with van der Waals surface area (Å²) < 4.78 is 0. The Morgan fingerprint density at radius 1 is 1.30 bits per heavy atom. The number of β-amino-alcohol motifs (C(OH)–C–C–N with tert-alkyl or cyclic N) is 1. The highest BCUT2D eigenvalue weighted by molar-refractivity contribution is 5.76. The van der Waals surface area contributed by atoms with E-state index in [0.717, 1.165) is 39.0 Å². The van der Waals surface area contributed by atoms with Gasteiger partial charge in [0.2, 0.25) is 11.9 Å². The average molecular weight is 321 g/mol. The third-order valence-corrected chi connectivity index (χ3v) is 4.08. The minimum atomic E-state index is -0.261. The van der Waals surface area contributed by atoms with E-state index in [-0.39, 0.29) is 12.0 Å². The molecule has 0 radical (unpaired) electrons. The third kappa shape index (κ3) is 6.11. The number of amides is 1. The van der Waals surface area contributed by atoms with E-state index in [0.29, 0.717) is 25.5 Å². The standard InChI is InChI=1S/C16H27N5O2/c1-2-14(22)13-20-9-11-21(12-10-20)15(23)5-3-6-17-16-18-7-4-8-19-16/h4,7-8,14,22H,2-3,5-6,9-13H2,1H3,(H,17,18,19)/t14-/m1/s1. The van der Waals surface area contributed by atoms with Crippen molar-refractivity contribution in [2.45, 2.75) is 32.3 Å². The maximum atomic E-state index is 12.2. The van der Waals surface area contributed by atoms with Gasteiger partial charge in [-0.2, -0.15) is 0 Å². The van der Waals surface area contributed by atoms with Crippen molar-refractivity contribution >= 4 is 11.9 Å². The van der Waals surface area contributed by atoms with Gasteiger partial charge in [-0.1, -0.05) is 6.92 Å². The minimum Gasteiger partial charge on any atom is -0.392 e. The molecule has 7 nitrogen and oxygen atoms in total. The molecule has 2 heterocycles. The van der Waals surface area contributed by atoms with Gasteiger partial charge in [-0.25, -0.2) is 9.97 Å². The van der Waals surface area contributed by atoms with E-state index in [1.54, 1.807) is 18.5 Å². The molecule has 0 aliphatic carbocycles. The van der Waals surface area contributed by atoms with E-state index < -0.39 is 0 Å². The summed E-state index contributed by atoms with van der Waals surface area (Å²) in [6.45, 7) is 6.59. The summed E-state index contributed by atoms with van der Waals surface area (Å²) in [4.78, 5) is 24.5. The van der Waals surface area contributed by atoms with Crippen LogP contribution in [0.3, 0.4) is 0 Å². The normalized spacial score (nSPS) is 17.0. The second-order valence-corrected chi connectivity index (χ2v) is 5.85. The fourth-order valence-electron chi connectivity index (χ4n) is 2.60. The van der Waals surface area contributed by atoms with Gasteiger partial charge in [0.1, 0.15) is 0 Å². The van der Waals surface area contributed by atoms with Crippen LogP contribution in [0.25, 0.3) is 0 Å². The van der Waals surface area contributed by atoms with Gasteiger partial charge >= 0.3 is 0 Å². The van der Waals surface area contributed by atoms with E-state index in [1.165, 1.54) is 0 Å². The van der Waals surface area contributed by atoms with Crippen molar-refractivity contribution in [3.05, 3.63) is 18.5 Å². The molecule has 0 aromatic carbocycles. The van der Waals surface area contributed by atoms with Crippen molar-refractivity contribution in [2.75, 3.05) is 44.6 Å². The van der Waals surface area contributed by atoms with Crippen LogP contribution < -0.4 is 5.32 Å². The molecule has 1 aromatic rings. The Morgan fingerprint density at radius 2 is 2.00 bits per heavy atom. The summed E-state index contributed by atoms with van der Waals surface area (Å²) in [7, 11) is 0. The zero-order valence-electron chi connectivity index (χ0n) is 13.8. The van der Waals surface area contributed by atoms with Crippen molar-refractivity contribution in [2.24, 2.45) is 0 Å². The lowest BCUT2D eigenvalue weighted by molar-refractivity contribution is -0.133. The Morgan fingerprint density at radius 3 is 2.65 bits per heavy atom. The highest BCUT2D eigenvalue weighted by atomic mass is 16.3. The van der Waals surface area contributed by atoms with E-state index in [4.69, 9.17) is 0 Å². The highest BCUT2D eigenvalue weighted by Crippen LogP contribution is 2.07. The van der Waals surface area contributed by atoms with Crippen LogP contribution in [0, 0.1) is 0 Å². The van der Waals surface area contributed by atoms with Gasteiger partial charge < -0.3 is 15.3 Å². The van der Waals surface area contributed by atoms with Gasteiger partial charge in [-0.3, -0.25) is 9.69 Å². The second-order valence-electron chi connectivity index (χ2n) is 5.85. The Bertz CT molecular complexity index is 463. The number of aromatic nitrogens is 2. The summed E-state index contributed by atoms with van der Waals surface area (Å²) in [5, 5.41) is 12.8. The Kier molecular flexibility index (Phi) is 7.22. The van der Waals surface area contributed by atoms with Gasteiger partial charge in [0.15, 0.2) is 0 Å². The summed E-state index contributed by atoms with van der Waals surface area (Å²) in [6.07, 6.45) is 5.20. The molecule has 1 fully saturated rings. The van der Waals surface area contributed by atoms with Crippen LogP contribution in [0.5, 0.6) is 0 Å². The summed E-state index contributed by atoms with van der Waals surface area (Å²) in [5.74, 6) is 0.805. The highest BCUT2D eigenvalue weighted by Gasteiger charge is 2.21. The third-order valence-electron chi connectivity index (χ3n) is 4.08. The van der Waals surface area contributed by atoms with Gasteiger partial charge in [0.05, 0.1) is 6.10 Å². The topological polar surface area (TPSA) is 81.6 Å². The molecule has 128 valence electrons. The molecule has 1 amide bonds. The van der Waals surface area contributed by atoms with Gasteiger partial charge in [0.25, 0.3) is 0 Å². The smallest absolute Gasteiger partial charge is 0.222 e. The van der Waals surface area contributed by atoms with Gasteiger partial charge in [-0.15, -0.1) is 0 Å². The number of rotatable bonds is 8. The van der Waals surface area contributed by atoms with E-state index in [1.807, 2.05) is 11.8 Å². The van der Waals surface area contributed by atoms with Crippen LogP contribution in [0.2, 0.25) is 0 Å². The van der Waals surface area contributed by atoms with Crippen molar-refractivity contribution in [3.63, 3.8) is 0 Å². The van der Waals surface area contributed by atoms with Gasteiger partial charge in [-0.05, 0) is 18.9 Å². The number of hydrogen-bond acceptors (Lipinski definition) is 6. The SMILES string of the molecule is CC[C@@H](O)CN1CCN(C(=O)CCCNc2ncccn2)CC1. The van der Waals surface area contributed by atoms with Crippen LogP contribution in [-0.4, -0.2) is 76.2 Å². The molecule has 7 heteroatoms. The Labute approximate surface area is 137 Å². The first kappa shape index (κ1) is 17.6. The zero-order valence-corrected chi connectivity index (χ0v) is 13.8. The van der Waals surface area contributed by atoms with Crippen LogP contribution in [-0.2, 0) is 4.79 Å². The lowest BCUT2D eigenvalue weighted by atomic mass is 10.2. The number of piperazine rings is 1. The first-order valence-corrected chi connectivity index (χ1v) is 8.38. The molecule has 1 aliphatic rings. The average Bonchev–Trinajstić information content (AvgIpc) is 2.60. The van der Waals surface area contributed by atoms with Crippen molar-refractivity contribution in [3.8, 4) is 0 Å². The molecule has 1 aliphatic heterocycles. The lowest BCUT2D eigenvalue weighted by Crippen LogP contribution is -2.50. The molecular formula is C16H27N5O2. The summed E-state index contributed by atoms with van der Waals surface area (Å²) >= 11 is 0. The Balaban J connectivity index is 1.60. The molecule has 1 atom stereocenters. The first-order valence-electron chi connectivity index (χ1n) is 8.38. The number of hydrogen-bond donors (Lipinski definition) is 2. The number of nitrogens with zero attached hydrogens (tertiary/aromatic N) is 4. The van der Waals surface area contributed by atoms with E-state index in [2.05, 4.69) is 20.2 Å². The lowest BCUT2D eigenvalue weighted by Gasteiger charge is -2.35. The molecule has 1 saturated heterocycles.